The molecule has 0 spiro atoms. The van der Waals surface area contributed by atoms with E-state index in [2.05, 4.69) is 21.2 Å². The summed E-state index contributed by atoms with van der Waals surface area (Å²) >= 11 is 9.60. The van der Waals surface area contributed by atoms with Crippen LogP contribution in [-0.2, 0) is 18.0 Å². The molecule has 4 aromatic carbocycles. The SMILES string of the molecule is Cc1ccc(COc2ccc(NC(=O)/C(C#N)=C/c3cc(Cl)ccc3OCc3ccc(Br)cc3)cc2)cc1. The van der Waals surface area contributed by atoms with Crippen LogP contribution in [0.25, 0.3) is 6.08 Å². The number of amides is 1. The second-order valence-corrected chi connectivity index (χ2v) is 9.87. The first-order valence-electron chi connectivity index (χ1n) is 11.8. The van der Waals surface area contributed by atoms with Crippen molar-refractivity contribution in [3.8, 4) is 17.6 Å². The molecule has 0 aliphatic heterocycles. The Morgan fingerprint density at radius 3 is 2.21 bits per heavy atom. The summed E-state index contributed by atoms with van der Waals surface area (Å²) in [5.74, 6) is 0.638. The van der Waals surface area contributed by atoms with Crippen molar-refractivity contribution < 1.29 is 14.3 Å². The minimum atomic E-state index is -0.542. The number of nitrogens with zero attached hydrogens (tertiary/aromatic N) is 1. The number of carbonyl (C=O) groups is 1. The summed E-state index contributed by atoms with van der Waals surface area (Å²) in [6.07, 6.45) is 1.47. The van der Waals surface area contributed by atoms with E-state index in [-0.39, 0.29) is 5.57 Å². The van der Waals surface area contributed by atoms with E-state index in [9.17, 15) is 10.1 Å². The third-order valence-electron chi connectivity index (χ3n) is 5.58. The molecule has 190 valence electrons. The quantitative estimate of drug-likeness (QED) is 0.159. The van der Waals surface area contributed by atoms with E-state index in [1.165, 1.54) is 11.6 Å². The number of aryl methyl sites for hydroxylation is 1. The largest absolute Gasteiger partial charge is 0.489 e. The van der Waals surface area contributed by atoms with Crippen LogP contribution in [0, 0.1) is 18.3 Å². The molecule has 0 bridgehead atoms. The molecule has 4 aromatic rings. The Labute approximate surface area is 235 Å². The van der Waals surface area contributed by atoms with E-state index >= 15 is 0 Å². The maximum Gasteiger partial charge on any atom is 0.266 e. The maximum absolute atomic E-state index is 12.9. The second kappa shape index (κ2) is 13.0. The number of benzene rings is 4. The van der Waals surface area contributed by atoms with Gasteiger partial charge in [-0.05, 0) is 78.7 Å². The highest BCUT2D eigenvalue weighted by Crippen LogP contribution is 2.27. The molecule has 4 rings (SSSR count). The fraction of sp³-hybridized carbons (Fsp3) is 0.0968. The Morgan fingerprint density at radius 1 is 0.921 bits per heavy atom. The molecule has 0 radical (unpaired) electrons. The van der Waals surface area contributed by atoms with Gasteiger partial charge in [0.05, 0.1) is 0 Å². The fourth-order valence-corrected chi connectivity index (χ4v) is 3.94. The molecule has 0 aliphatic carbocycles. The van der Waals surface area contributed by atoms with Gasteiger partial charge in [-0.15, -0.1) is 0 Å². The van der Waals surface area contributed by atoms with Crippen LogP contribution in [0.4, 0.5) is 5.69 Å². The molecule has 1 amide bonds. The minimum absolute atomic E-state index is 0.0829. The highest BCUT2D eigenvalue weighted by atomic mass is 79.9. The van der Waals surface area contributed by atoms with Gasteiger partial charge < -0.3 is 14.8 Å². The first-order chi connectivity index (χ1) is 18.4. The van der Waals surface area contributed by atoms with Crippen molar-refractivity contribution in [2.24, 2.45) is 0 Å². The smallest absolute Gasteiger partial charge is 0.266 e. The second-order valence-electron chi connectivity index (χ2n) is 8.52. The summed E-state index contributed by atoms with van der Waals surface area (Å²) in [6, 6.07) is 29.9. The number of rotatable bonds is 9. The van der Waals surface area contributed by atoms with E-state index in [4.69, 9.17) is 21.1 Å². The van der Waals surface area contributed by atoms with Crippen LogP contribution >= 0.6 is 27.5 Å². The van der Waals surface area contributed by atoms with Gasteiger partial charge in [-0.25, -0.2) is 0 Å². The third-order valence-corrected chi connectivity index (χ3v) is 6.35. The standard InChI is InChI=1S/C31H24BrClN2O3/c1-21-2-4-22(5-3-21)19-37-29-13-11-28(12-14-29)35-31(36)25(18-34)16-24-17-27(33)10-15-30(24)38-20-23-6-8-26(32)9-7-23/h2-17H,19-20H2,1H3,(H,35,36)/b25-16+. The Kier molecular flexibility index (Phi) is 9.21. The van der Waals surface area contributed by atoms with Crippen molar-refractivity contribution in [1.82, 2.24) is 0 Å². The van der Waals surface area contributed by atoms with Gasteiger partial charge >= 0.3 is 0 Å². The van der Waals surface area contributed by atoms with Crippen LogP contribution < -0.4 is 14.8 Å². The average molecular weight is 588 g/mol. The molecule has 5 nitrogen and oxygen atoms in total. The molecule has 0 atom stereocenters. The summed E-state index contributed by atoms with van der Waals surface area (Å²) in [6.45, 7) is 2.80. The van der Waals surface area contributed by atoms with Crippen LogP contribution in [-0.4, -0.2) is 5.91 Å². The lowest BCUT2D eigenvalue weighted by atomic mass is 10.1. The number of hydrogen-bond donors (Lipinski definition) is 1. The molecule has 0 unspecified atom stereocenters. The number of nitrogens with one attached hydrogen (secondary N) is 1. The van der Waals surface area contributed by atoms with Crippen molar-refractivity contribution in [3.63, 3.8) is 0 Å². The third kappa shape index (κ3) is 7.72. The monoisotopic (exact) mass is 586 g/mol. The van der Waals surface area contributed by atoms with Crippen LogP contribution in [0.5, 0.6) is 11.5 Å². The number of carbonyl (C=O) groups excluding carboxylic acids is 1. The van der Waals surface area contributed by atoms with Gasteiger partial charge in [0.2, 0.25) is 0 Å². The van der Waals surface area contributed by atoms with Gasteiger partial charge in [0.15, 0.2) is 0 Å². The van der Waals surface area contributed by atoms with Gasteiger partial charge in [0.25, 0.3) is 5.91 Å². The van der Waals surface area contributed by atoms with E-state index in [1.54, 1.807) is 42.5 Å². The summed E-state index contributed by atoms with van der Waals surface area (Å²) in [7, 11) is 0. The zero-order chi connectivity index (χ0) is 26.9. The lowest BCUT2D eigenvalue weighted by Crippen LogP contribution is -2.13. The van der Waals surface area contributed by atoms with Crippen LogP contribution in [0.15, 0.2) is 101 Å². The normalized spacial score (nSPS) is 10.9. The van der Waals surface area contributed by atoms with Crippen molar-refractivity contribution in [2.45, 2.75) is 20.1 Å². The molecular weight excluding hydrogens is 564 g/mol. The summed E-state index contributed by atoms with van der Waals surface area (Å²) in [5, 5.41) is 12.9. The van der Waals surface area contributed by atoms with Crippen LogP contribution in [0.1, 0.15) is 22.3 Å². The van der Waals surface area contributed by atoms with Gasteiger partial charge in [0.1, 0.15) is 36.4 Å². The molecule has 7 heteroatoms. The number of halogens is 2. The van der Waals surface area contributed by atoms with Crippen molar-refractivity contribution in [2.75, 3.05) is 5.32 Å². The molecule has 0 saturated heterocycles. The van der Waals surface area contributed by atoms with Crippen molar-refractivity contribution >= 4 is 45.2 Å². The number of anilines is 1. The Morgan fingerprint density at radius 2 is 1.55 bits per heavy atom. The first-order valence-corrected chi connectivity index (χ1v) is 12.9. The average Bonchev–Trinajstić information content (AvgIpc) is 2.92. The summed E-state index contributed by atoms with van der Waals surface area (Å²) < 4.78 is 12.8. The maximum atomic E-state index is 12.9. The van der Waals surface area contributed by atoms with Gasteiger partial charge in [0, 0.05) is 20.7 Å². The van der Waals surface area contributed by atoms with Crippen molar-refractivity contribution in [3.05, 3.63) is 128 Å². The van der Waals surface area contributed by atoms with E-state index in [0.717, 1.165) is 15.6 Å². The minimum Gasteiger partial charge on any atom is -0.489 e. The zero-order valence-electron chi connectivity index (χ0n) is 20.6. The van der Waals surface area contributed by atoms with E-state index < -0.39 is 5.91 Å². The molecule has 0 saturated carbocycles. The van der Waals surface area contributed by atoms with Gasteiger partial charge in [-0.3, -0.25) is 4.79 Å². The molecule has 0 aliphatic rings. The highest BCUT2D eigenvalue weighted by Gasteiger charge is 2.13. The van der Waals surface area contributed by atoms with E-state index in [1.807, 2.05) is 61.5 Å². The number of hydrogen-bond acceptors (Lipinski definition) is 4. The highest BCUT2D eigenvalue weighted by molar-refractivity contribution is 9.10. The van der Waals surface area contributed by atoms with Crippen LogP contribution in [0.2, 0.25) is 5.02 Å². The summed E-state index contributed by atoms with van der Waals surface area (Å²) in [5.41, 5.74) is 4.22. The molecule has 0 heterocycles. The van der Waals surface area contributed by atoms with Gasteiger partial charge in [-0.1, -0.05) is 69.5 Å². The lowest BCUT2D eigenvalue weighted by Gasteiger charge is -2.11. The van der Waals surface area contributed by atoms with Gasteiger partial charge in [-0.2, -0.15) is 5.26 Å². The molecule has 38 heavy (non-hydrogen) atoms. The lowest BCUT2D eigenvalue weighted by molar-refractivity contribution is -0.112. The van der Waals surface area contributed by atoms with Crippen molar-refractivity contribution in [1.29, 1.82) is 5.26 Å². The number of ether oxygens (including phenoxy) is 2. The van der Waals surface area contributed by atoms with Crippen LogP contribution in [0.3, 0.4) is 0 Å². The zero-order valence-corrected chi connectivity index (χ0v) is 22.9. The number of nitriles is 1. The predicted molar refractivity (Wildman–Crippen MR) is 154 cm³/mol. The molecule has 0 aromatic heterocycles. The first kappa shape index (κ1) is 27.0. The molecule has 1 N–H and O–H groups in total. The molecular formula is C31H24BrClN2O3. The Bertz CT molecular complexity index is 1480. The summed E-state index contributed by atoms with van der Waals surface area (Å²) in [4.78, 5) is 12.9. The van der Waals surface area contributed by atoms with E-state index in [0.29, 0.717) is 41.0 Å². The molecule has 0 fully saturated rings. The fourth-order valence-electron chi connectivity index (χ4n) is 3.49. The Balaban J connectivity index is 1.41. The topological polar surface area (TPSA) is 71.3 Å². The predicted octanol–water partition coefficient (Wildman–Crippen LogP) is 8.11. The Hall–Kier alpha value is -4.05.